The molecule has 3 nitrogen and oxygen atoms in total. The number of nitrogens with zero attached hydrogens (tertiary/aromatic N) is 2. The Balaban J connectivity index is 2.24. The van der Waals surface area contributed by atoms with Gasteiger partial charge in [-0.2, -0.15) is 0 Å². The Labute approximate surface area is 123 Å². The van der Waals surface area contributed by atoms with Crippen LogP contribution in [0.25, 0.3) is 0 Å². The van der Waals surface area contributed by atoms with Crippen molar-refractivity contribution in [3.63, 3.8) is 0 Å². The number of hydrogen-bond donors (Lipinski definition) is 1. The molecule has 19 heavy (non-hydrogen) atoms. The van der Waals surface area contributed by atoms with E-state index in [1.54, 1.807) is 0 Å². The quantitative estimate of drug-likeness (QED) is 0.856. The predicted octanol–water partition coefficient (Wildman–Crippen LogP) is 4.81. The van der Waals surface area contributed by atoms with Crippen molar-refractivity contribution in [2.45, 2.75) is 40.2 Å². The van der Waals surface area contributed by atoms with E-state index >= 15 is 0 Å². The highest BCUT2D eigenvalue weighted by Gasteiger charge is 2.07. The second-order valence-corrected chi connectivity index (χ2v) is 5.72. The highest BCUT2D eigenvalue weighted by atomic mass is 79.9. The zero-order chi connectivity index (χ0) is 13.8. The van der Waals surface area contributed by atoms with Crippen LogP contribution in [0.15, 0.2) is 28.9 Å². The smallest absolute Gasteiger partial charge is 0.207 e. The lowest BCUT2D eigenvalue weighted by molar-refractivity contribution is 0.637. The highest BCUT2D eigenvalue weighted by molar-refractivity contribution is 9.10. The van der Waals surface area contributed by atoms with Crippen molar-refractivity contribution in [1.29, 1.82) is 0 Å². The molecule has 0 amide bonds. The van der Waals surface area contributed by atoms with Crippen LogP contribution in [0.2, 0.25) is 0 Å². The fourth-order valence-electron chi connectivity index (χ4n) is 2.00. The number of benzene rings is 1. The van der Waals surface area contributed by atoms with Crippen molar-refractivity contribution in [1.82, 2.24) is 9.55 Å². The lowest BCUT2D eigenvalue weighted by atomic mass is 10.2. The molecule has 0 bridgehead atoms. The molecule has 2 rings (SSSR count). The number of imidazole rings is 1. The molecule has 0 spiro atoms. The molecule has 4 heteroatoms. The second-order valence-electron chi connectivity index (χ2n) is 4.86. The van der Waals surface area contributed by atoms with E-state index in [0.29, 0.717) is 0 Å². The zero-order valence-corrected chi connectivity index (χ0v) is 13.3. The maximum absolute atomic E-state index is 4.56. The first kappa shape index (κ1) is 14.1. The van der Waals surface area contributed by atoms with E-state index in [1.807, 2.05) is 6.92 Å². The minimum absolute atomic E-state index is 0.914. The zero-order valence-electron chi connectivity index (χ0n) is 11.7. The van der Waals surface area contributed by atoms with Gasteiger partial charge in [-0.1, -0.05) is 19.4 Å². The number of anilines is 2. The third kappa shape index (κ3) is 3.60. The van der Waals surface area contributed by atoms with Gasteiger partial charge in [0.15, 0.2) is 0 Å². The average molecular weight is 322 g/mol. The summed E-state index contributed by atoms with van der Waals surface area (Å²) < 4.78 is 3.24. The van der Waals surface area contributed by atoms with Gasteiger partial charge in [0.1, 0.15) is 0 Å². The number of hydrogen-bond acceptors (Lipinski definition) is 2. The van der Waals surface area contributed by atoms with Gasteiger partial charge in [0.2, 0.25) is 5.95 Å². The van der Waals surface area contributed by atoms with Crippen LogP contribution < -0.4 is 5.32 Å². The Morgan fingerprint density at radius 1 is 1.32 bits per heavy atom. The minimum atomic E-state index is 0.914. The van der Waals surface area contributed by atoms with Crippen LogP contribution in [-0.2, 0) is 6.54 Å². The third-order valence-corrected chi connectivity index (χ3v) is 3.71. The van der Waals surface area contributed by atoms with Gasteiger partial charge in [-0.3, -0.25) is 0 Å². The number of unbranched alkanes of at least 4 members (excludes halogenated alkanes) is 1. The molecular formula is C15H20BrN3. The van der Waals surface area contributed by atoms with Crippen LogP contribution in [0, 0.1) is 13.8 Å². The Bertz CT molecular complexity index is 561. The third-order valence-electron chi connectivity index (χ3n) is 3.02. The first-order valence-corrected chi connectivity index (χ1v) is 7.46. The maximum atomic E-state index is 4.56. The molecule has 102 valence electrons. The van der Waals surface area contributed by atoms with Gasteiger partial charge in [0.05, 0.1) is 11.4 Å². The molecule has 0 aliphatic carbocycles. The van der Waals surface area contributed by atoms with E-state index in [0.717, 1.165) is 28.3 Å². The molecule has 1 N–H and O–H groups in total. The van der Waals surface area contributed by atoms with E-state index < -0.39 is 0 Å². The van der Waals surface area contributed by atoms with Gasteiger partial charge in [-0.25, -0.2) is 4.98 Å². The van der Waals surface area contributed by atoms with Gasteiger partial charge >= 0.3 is 0 Å². The minimum Gasteiger partial charge on any atom is -0.325 e. The van der Waals surface area contributed by atoms with Gasteiger partial charge in [-0.15, -0.1) is 0 Å². The molecule has 0 atom stereocenters. The maximum Gasteiger partial charge on any atom is 0.207 e. The molecule has 0 fully saturated rings. The predicted molar refractivity (Wildman–Crippen MR) is 84.0 cm³/mol. The van der Waals surface area contributed by atoms with Crippen molar-refractivity contribution in [2.75, 3.05) is 5.32 Å². The van der Waals surface area contributed by atoms with Crippen LogP contribution in [0.1, 0.15) is 31.0 Å². The summed E-state index contributed by atoms with van der Waals surface area (Å²) in [6.07, 6.45) is 4.45. The van der Waals surface area contributed by atoms with E-state index in [2.05, 4.69) is 69.0 Å². The summed E-state index contributed by atoms with van der Waals surface area (Å²) in [4.78, 5) is 4.56. The molecule has 0 saturated carbocycles. The van der Waals surface area contributed by atoms with Gasteiger partial charge in [0, 0.05) is 17.2 Å². The lowest BCUT2D eigenvalue weighted by Crippen LogP contribution is -2.03. The van der Waals surface area contributed by atoms with Gasteiger partial charge in [0.25, 0.3) is 0 Å². The lowest BCUT2D eigenvalue weighted by Gasteiger charge is -2.11. The van der Waals surface area contributed by atoms with Crippen molar-refractivity contribution in [2.24, 2.45) is 0 Å². The number of aromatic nitrogens is 2. The van der Waals surface area contributed by atoms with Crippen LogP contribution in [0.5, 0.6) is 0 Å². The summed E-state index contributed by atoms with van der Waals surface area (Å²) in [6.45, 7) is 7.32. The van der Waals surface area contributed by atoms with Crippen molar-refractivity contribution in [3.05, 3.63) is 40.1 Å². The van der Waals surface area contributed by atoms with Crippen molar-refractivity contribution >= 4 is 27.6 Å². The standard InChI is InChI=1S/C15H20BrN3/c1-4-5-8-19-10-12(3)17-15(19)18-14-9-11(2)6-7-13(14)16/h6-7,9-10H,4-5,8H2,1-3H3,(H,17,18). The number of rotatable bonds is 5. The molecule has 1 aromatic heterocycles. The van der Waals surface area contributed by atoms with Crippen LogP contribution in [0.3, 0.4) is 0 Å². The van der Waals surface area contributed by atoms with Gasteiger partial charge in [-0.05, 0) is 53.9 Å². The summed E-state index contributed by atoms with van der Waals surface area (Å²) in [5.41, 5.74) is 3.33. The number of aryl methyl sites for hydroxylation is 3. The van der Waals surface area contributed by atoms with E-state index in [4.69, 9.17) is 0 Å². The molecule has 0 aliphatic heterocycles. The average Bonchev–Trinajstić information content (AvgIpc) is 2.71. The molecule has 0 radical (unpaired) electrons. The summed E-state index contributed by atoms with van der Waals surface area (Å²) in [5, 5.41) is 3.42. The molecule has 1 aromatic carbocycles. The fourth-order valence-corrected chi connectivity index (χ4v) is 2.35. The van der Waals surface area contributed by atoms with Crippen molar-refractivity contribution in [3.8, 4) is 0 Å². The molecule has 1 heterocycles. The Morgan fingerprint density at radius 2 is 2.11 bits per heavy atom. The molecule has 0 saturated heterocycles. The van der Waals surface area contributed by atoms with Crippen LogP contribution >= 0.6 is 15.9 Å². The Hall–Kier alpha value is -1.29. The summed E-state index contributed by atoms with van der Waals surface area (Å²) in [5.74, 6) is 0.914. The Morgan fingerprint density at radius 3 is 2.84 bits per heavy atom. The molecule has 0 aliphatic rings. The first-order valence-electron chi connectivity index (χ1n) is 6.67. The Kier molecular flexibility index (Phi) is 4.64. The monoisotopic (exact) mass is 321 g/mol. The largest absolute Gasteiger partial charge is 0.325 e. The molecule has 2 aromatic rings. The fraction of sp³-hybridized carbons (Fsp3) is 0.400. The summed E-state index contributed by atoms with van der Waals surface area (Å²) in [6, 6.07) is 6.27. The number of halogens is 1. The summed E-state index contributed by atoms with van der Waals surface area (Å²) in [7, 11) is 0. The first-order chi connectivity index (χ1) is 9.10. The molecule has 0 unspecified atom stereocenters. The topological polar surface area (TPSA) is 29.9 Å². The van der Waals surface area contributed by atoms with Crippen LogP contribution in [-0.4, -0.2) is 9.55 Å². The second kappa shape index (κ2) is 6.24. The van der Waals surface area contributed by atoms with Crippen LogP contribution in [0.4, 0.5) is 11.6 Å². The van der Waals surface area contributed by atoms with Gasteiger partial charge < -0.3 is 9.88 Å². The summed E-state index contributed by atoms with van der Waals surface area (Å²) >= 11 is 3.57. The highest BCUT2D eigenvalue weighted by Crippen LogP contribution is 2.26. The van der Waals surface area contributed by atoms with E-state index in [9.17, 15) is 0 Å². The number of nitrogens with one attached hydrogen (secondary N) is 1. The normalized spacial score (nSPS) is 10.7. The van der Waals surface area contributed by atoms with E-state index in [1.165, 1.54) is 18.4 Å². The molecular weight excluding hydrogens is 302 g/mol. The SMILES string of the molecule is CCCCn1cc(C)nc1Nc1cc(C)ccc1Br. The van der Waals surface area contributed by atoms with E-state index in [-0.39, 0.29) is 0 Å². The van der Waals surface area contributed by atoms with Crippen molar-refractivity contribution < 1.29 is 0 Å².